The van der Waals surface area contributed by atoms with E-state index in [1.54, 1.807) is 12.1 Å². The van der Waals surface area contributed by atoms with Crippen molar-refractivity contribution in [3.8, 4) is 0 Å². The van der Waals surface area contributed by atoms with Gasteiger partial charge in [0.1, 0.15) is 11.0 Å². The van der Waals surface area contributed by atoms with Crippen molar-refractivity contribution >= 4 is 46.4 Å². The number of nitrogens with one attached hydrogen (secondary N) is 2. The van der Waals surface area contributed by atoms with Crippen LogP contribution in [0.1, 0.15) is 12.0 Å². The first kappa shape index (κ1) is 16.9. The van der Waals surface area contributed by atoms with Gasteiger partial charge < -0.3 is 10.6 Å². The summed E-state index contributed by atoms with van der Waals surface area (Å²) >= 11 is 16.7. The molecule has 0 fully saturated rings. The van der Waals surface area contributed by atoms with Crippen LogP contribution in [0, 0.1) is 5.82 Å². The molecule has 0 spiro atoms. The lowest BCUT2D eigenvalue weighted by Gasteiger charge is -2.10. The molecular formula is C14H13Cl2FN4S. The van der Waals surface area contributed by atoms with Crippen molar-refractivity contribution in [2.45, 2.75) is 12.8 Å². The molecule has 0 aliphatic carbocycles. The van der Waals surface area contributed by atoms with Gasteiger partial charge in [-0.25, -0.2) is 14.4 Å². The Bertz CT molecular complexity index is 652. The predicted octanol–water partition coefficient (Wildman–Crippen LogP) is 3.84. The van der Waals surface area contributed by atoms with Crippen molar-refractivity contribution in [2.75, 3.05) is 11.9 Å². The van der Waals surface area contributed by atoms with E-state index in [0.717, 1.165) is 18.4 Å². The summed E-state index contributed by atoms with van der Waals surface area (Å²) in [7, 11) is 0. The SMILES string of the molecule is Fc1ccc(CCCNC(=S)Nc2ncc(Cl)nc2Cl)cc1. The molecule has 0 unspecified atom stereocenters. The van der Waals surface area contributed by atoms with Crippen molar-refractivity contribution in [3.05, 3.63) is 52.1 Å². The van der Waals surface area contributed by atoms with Crippen LogP contribution in [0.25, 0.3) is 0 Å². The molecule has 0 radical (unpaired) electrons. The maximum absolute atomic E-state index is 12.8. The van der Waals surface area contributed by atoms with Gasteiger partial charge in [0.05, 0.1) is 6.20 Å². The number of aryl methyl sites for hydroxylation is 1. The molecule has 116 valence electrons. The molecule has 0 amide bonds. The molecule has 0 saturated carbocycles. The molecule has 2 N–H and O–H groups in total. The average Bonchev–Trinajstić information content (AvgIpc) is 2.48. The zero-order valence-electron chi connectivity index (χ0n) is 11.4. The number of thiocarbonyl (C=S) groups is 1. The van der Waals surface area contributed by atoms with E-state index in [4.69, 9.17) is 35.4 Å². The first-order valence-corrected chi connectivity index (χ1v) is 7.68. The molecular weight excluding hydrogens is 346 g/mol. The molecule has 8 heteroatoms. The summed E-state index contributed by atoms with van der Waals surface area (Å²) in [6.07, 6.45) is 3.07. The fourth-order valence-corrected chi connectivity index (χ4v) is 2.29. The summed E-state index contributed by atoms with van der Waals surface area (Å²) in [6.45, 7) is 0.668. The maximum atomic E-state index is 12.8. The Morgan fingerprint density at radius 3 is 2.64 bits per heavy atom. The van der Waals surface area contributed by atoms with Crippen LogP contribution < -0.4 is 10.6 Å². The molecule has 1 aromatic carbocycles. The first-order valence-electron chi connectivity index (χ1n) is 6.52. The smallest absolute Gasteiger partial charge is 0.173 e. The summed E-state index contributed by atoms with van der Waals surface area (Å²) in [5.41, 5.74) is 1.08. The summed E-state index contributed by atoms with van der Waals surface area (Å²) in [4.78, 5) is 7.86. The Hall–Kier alpha value is -1.50. The van der Waals surface area contributed by atoms with E-state index in [1.165, 1.54) is 18.3 Å². The molecule has 0 bridgehead atoms. The Morgan fingerprint density at radius 1 is 1.23 bits per heavy atom. The number of halogens is 3. The van der Waals surface area contributed by atoms with Gasteiger partial charge in [0.15, 0.2) is 16.1 Å². The van der Waals surface area contributed by atoms with E-state index in [9.17, 15) is 4.39 Å². The van der Waals surface area contributed by atoms with E-state index in [0.29, 0.717) is 17.5 Å². The van der Waals surface area contributed by atoms with Crippen LogP contribution in [0.5, 0.6) is 0 Å². The van der Waals surface area contributed by atoms with Gasteiger partial charge >= 0.3 is 0 Å². The van der Waals surface area contributed by atoms with E-state index >= 15 is 0 Å². The van der Waals surface area contributed by atoms with Crippen LogP contribution >= 0.6 is 35.4 Å². The summed E-state index contributed by atoms with van der Waals surface area (Å²) in [5, 5.41) is 6.66. The molecule has 0 saturated heterocycles. The lowest BCUT2D eigenvalue weighted by atomic mass is 10.1. The quantitative estimate of drug-likeness (QED) is 0.628. The van der Waals surface area contributed by atoms with Gasteiger partial charge in [0.25, 0.3) is 0 Å². The highest BCUT2D eigenvalue weighted by Gasteiger charge is 2.06. The summed E-state index contributed by atoms with van der Waals surface area (Å²) in [5.74, 6) is 0.121. The lowest BCUT2D eigenvalue weighted by Crippen LogP contribution is -2.30. The lowest BCUT2D eigenvalue weighted by molar-refractivity contribution is 0.626. The minimum Gasteiger partial charge on any atom is -0.362 e. The van der Waals surface area contributed by atoms with Gasteiger partial charge in [0, 0.05) is 6.54 Å². The van der Waals surface area contributed by atoms with Crippen molar-refractivity contribution in [3.63, 3.8) is 0 Å². The van der Waals surface area contributed by atoms with Crippen LogP contribution in [0.2, 0.25) is 10.3 Å². The van der Waals surface area contributed by atoms with Gasteiger partial charge in [-0.3, -0.25) is 0 Å². The zero-order chi connectivity index (χ0) is 15.9. The number of anilines is 1. The van der Waals surface area contributed by atoms with Gasteiger partial charge in [-0.1, -0.05) is 35.3 Å². The Labute approximate surface area is 143 Å². The largest absolute Gasteiger partial charge is 0.362 e. The fraction of sp³-hybridized carbons (Fsp3) is 0.214. The van der Waals surface area contributed by atoms with E-state index in [2.05, 4.69) is 20.6 Å². The Morgan fingerprint density at radius 2 is 1.95 bits per heavy atom. The second kappa shape index (κ2) is 8.22. The van der Waals surface area contributed by atoms with Gasteiger partial charge in [0.2, 0.25) is 0 Å². The number of aromatic nitrogens is 2. The highest BCUT2D eigenvalue weighted by Crippen LogP contribution is 2.17. The topological polar surface area (TPSA) is 49.8 Å². The fourth-order valence-electron chi connectivity index (χ4n) is 1.73. The second-order valence-electron chi connectivity index (χ2n) is 4.44. The van der Waals surface area contributed by atoms with E-state index in [1.807, 2.05) is 0 Å². The standard InChI is InChI=1S/C14H13Cl2FN4S/c15-11-8-19-13(12(16)20-11)21-14(22)18-7-1-2-9-3-5-10(17)6-4-9/h3-6,8H,1-2,7H2,(H2,18,19,21,22). The van der Waals surface area contributed by atoms with Gasteiger partial charge in [-0.05, 0) is 42.8 Å². The van der Waals surface area contributed by atoms with Crippen LogP contribution in [0.15, 0.2) is 30.5 Å². The van der Waals surface area contributed by atoms with Crippen molar-refractivity contribution in [2.24, 2.45) is 0 Å². The summed E-state index contributed by atoms with van der Waals surface area (Å²) in [6, 6.07) is 6.45. The molecule has 1 aromatic heterocycles. The van der Waals surface area contributed by atoms with Crippen molar-refractivity contribution in [1.29, 1.82) is 0 Å². The number of rotatable bonds is 5. The monoisotopic (exact) mass is 358 g/mol. The zero-order valence-corrected chi connectivity index (χ0v) is 13.8. The van der Waals surface area contributed by atoms with Crippen LogP contribution in [0.4, 0.5) is 10.2 Å². The molecule has 0 atom stereocenters. The Balaban J connectivity index is 1.72. The van der Waals surface area contributed by atoms with Gasteiger partial charge in [-0.15, -0.1) is 0 Å². The summed E-state index contributed by atoms with van der Waals surface area (Å²) < 4.78 is 12.8. The third-order valence-electron chi connectivity index (χ3n) is 2.77. The second-order valence-corrected chi connectivity index (χ2v) is 5.60. The van der Waals surface area contributed by atoms with Gasteiger partial charge in [-0.2, -0.15) is 0 Å². The first-order chi connectivity index (χ1) is 10.5. The molecule has 2 aromatic rings. The Kier molecular flexibility index (Phi) is 6.30. The third-order valence-corrected chi connectivity index (χ3v) is 3.47. The third kappa shape index (κ3) is 5.36. The van der Waals surface area contributed by atoms with E-state index < -0.39 is 0 Å². The maximum Gasteiger partial charge on any atom is 0.173 e. The molecule has 4 nitrogen and oxygen atoms in total. The molecule has 0 aliphatic rings. The number of benzene rings is 1. The molecule has 1 heterocycles. The number of hydrogen-bond acceptors (Lipinski definition) is 3. The average molecular weight is 359 g/mol. The predicted molar refractivity (Wildman–Crippen MR) is 91.0 cm³/mol. The minimum absolute atomic E-state index is 0.156. The van der Waals surface area contributed by atoms with Crippen molar-refractivity contribution in [1.82, 2.24) is 15.3 Å². The van der Waals surface area contributed by atoms with Crippen LogP contribution in [-0.2, 0) is 6.42 Å². The van der Waals surface area contributed by atoms with E-state index in [-0.39, 0.29) is 16.1 Å². The molecule has 22 heavy (non-hydrogen) atoms. The normalized spacial score (nSPS) is 10.3. The van der Waals surface area contributed by atoms with Crippen LogP contribution in [-0.4, -0.2) is 21.6 Å². The molecule has 0 aliphatic heterocycles. The van der Waals surface area contributed by atoms with Crippen LogP contribution in [0.3, 0.4) is 0 Å². The number of nitrogens with zero attached hydrogens (tertiary/aromatic N) is 2. The highest BCUT2D eigenvalue weighted by molar-refractivity contribution is 7.80. The number of hydrogen-bond donors (Lipinski definition) is 2. The highest BCUT2D eigenvalue weighted by atomic mass is 35.5. The minimum atomic E-state index is -0.229. The molecule has 2 rings (SSSR count). The van der Waals surface area contributed by atoms with Crippen molar-refractivity contribution < 1.29 is 4.39 Å².